The average molecular weight is 506 g/mol. The van der Waals surface area contributed by atoms with Gasteiger partial charge in [-0.15, -0.1) is 0 Å². The van der Waals surface area contributed by atoms with E-state index in [0.29, 0.717) is 12.2 Å². The van der Waals surface area contributed by atoms with Gasteiger partial charge in [-0.2, -0.15) is 5.10 Å². The number of urea groups is 1. The fourth-order valence-electron chi connectivity index (χ4n) is 5.16. The molecule has 0 saturated carbocycles. The van der Waals surface area contributed by atoms with Crippen molar-refractivity contribution in [3.8, 4) is 11.5 Å². The topological polar surface area (TPSA) is 55.1 Å². The minimum absolute atomic E-state index is 0.270. The number of halogens is 1. The van der Waals surface area contributed by atoms with Crippen LogP contribution in [0.5, 0.6) is 0 Å². The number of rotatable bonds is 4. The van der Waals surface area contributed by atoms with Gasteiger partial charge in [-0.25, -0.2) is 13.9 Å². The zero-order chi connectivity index (χ0) is 26.2. The van der Waals surface area contributed by atoms with E-state index < -0.39 is 0 Å². The number of nitrogens with one attached hydrogen (secondary N) is 1. The summed E-state index contributed by atoms with van der Waals surface area (Å²) in [6, 6.07) is 27.7. The number of carbonyl (C=O) groups is 1. The minimum Gasteiger partial charge on any atom is -0.308 e. The SMILES string of the molecule is CCc1ccc([C@H]2c3cccn3-c3c(c(C)nn3-c3ccccc3)CN2C(=O)Nc2ccc(F)cc2)cc1. The van der Waals surface area contributed by atoms with Crippen LogP contribution in [0.25, 0.3) is 11.5 Å². The molecule has 1 aliphatic rings. The monoisotopic (exact) mass is 505 g/mol. The lowest BCUT2D eigenvalue weighted by molar-refractivity contribution is 0.194. The molecule has 1 aliphatic heterocycles. The Hall–Kier alpha value is -4.65. The van der Waals surface area contributed by atoms with E-state index in [4.69, 9.17) is 5.10 Å². The van der Waals surface area contributed by atoms with Gasteiger partial charge in [0.25, 0.3) is 0 Å². The molecule has 7 heteroatoms. The Morgan fingerprint density at radius 2 is 1.71 bits per heavy atom. The lowest BCUT2D eigenvalue weighted by Crippen LogP contribution is -2.38. The molecule has 6 rings (SSSR count). The largest absolute Gasteiger partial charge is 0.322 e. The number of nitrogens with zero attached hydrogens (tertiary/aromatic N) is 4. The summed E-state index contributed by atoms with van der Waals surface area (Å²) in [5.41, 5.74) is 6.51. The van der Waals surface area contributed by atoms with E-state index in [9.17, 15) is 9.18 Å². The van der Waals surface area contributed by atoms with Crippen LogP contribution in [0.4, 0.5) is 14.9 Å². The van der Waals surface area contributed by atoms with Crippen molar-refractivity contribution >= 4 is 11.7 Å². The molecule has 0 bridgehead atoms. The molecule has 0 fully saturated rings. The highest BCUT2D eigenvalue weighted by atomic mass is 19.1. The van der Waals surface area contributed by atoms with Gasteiger partial charge in [0, 0.05) is 17.4 Å². The van der Waals surface area contributed by atoms with Gasteiger partial charge < -0.3 is 14.8 Å². The van der Waals surface area contributed by atoms with E-state index in [1.165, 1.54) is 17.7 Å². The first-order valence-corrected chi connectivity index (χ1v) is 12.8. The average Bonchev–Trinajstić information content (AvgIpc) is 3.51. The first-order chi connectivity index (χ1) is 18.5. The Bertz CT molecular complexity index is 1590. The number of fused-ring (bicyclic) bond motifs is 3. The van der Waals surface area contributed by atoms with Crippen LogP contribution in [0.2, 0.25) is 0 Å². The van der Waals surface area contributed by atoms with Crippen LogP contribution in [0, 0.1) is 12.7 Å². The third kappa shape index (κ3) is 4.16. The molecular weight excluding hydrogens is 477 g/mol. The fourth-order valence-corrected chi connectivity index (χ4v) is 5.16. The highest BCUT2D eigenvalue weighted by molar-refractivity contribution is 5.90. The van der Waals surface area contributed by atoms with E-state index in [2.05, 4.69) is 47.1 Å². The van der Waals surface area contributed by atoms with Crippen molar-refractivity contribution in [1.29, 1.82) is 0 Å². The molecule has 0 aliphatic carbocycles. The van der Waals surface area contributed by atoms with Crippen molar-refractivity contribution in [3.05, 3.63) is 131 Å². The van der Waals surface area contributed by atoms with Gasteiger partial charge in [0.1, 0.15) is 11.6 Å². The second-order valence-electron chi connectivity index (χ2n) is 9.50. The van der Waals surface area contributed by atoms with Gasteiger partial charge in [0.05, 0.1) is 29.7 Å². The zero-order valence-corrected chi connectivity index (χ0v) is 21.3. The van der Waals surface area contributed by atoms with Crippen molar-refractivity contribution in [2.75, 3.05) is 5.32 Å². The molecule has 1 atom stereocenters. The third-order valence-electron chi connectivity index (χ3n) is 7.15. The van der Waals surface area contributed by atoms with Crippen LogP contribution in [0.3, 0.4) is 0 Å². The summed E-state index contributed by atoms with van der Waals surface area (Å²) in [6.07, 6.45) is 2.97. The third-order valence-corrected chi connectivity index (χ3v) is 7.15. The number of carbonyl (C=O) groups excluding carboxylic acids is 1. The Morgan fingerprint density at radius 1 is 0.974 bits per heavy atom. The second-order valence-corrected chi connectivity index (χ2v) is 9.50. The normalized spacial score (nSPS) is 14.5. The zero-order valence-electron chi connectivity index (χ0n) is 21.3. The summed E-state index contributed by atoms with van der Waals surface area (Å²) in [4.78, 5) is 15.8. The molecule has 3 heterocycles. The van der Waals surface area contributed by atoms with Crippen molar-refractivity contribution in [2.24, 2.45) is 0 Å². The molecule has 3 aromatic carbocycles. The van der Waals surface area contributed by atoms with Crippen molar-refractivity contribution in [2.45, 2.75) is 32.9 Å². The Kier molecular flexibility index (Phi) is 6.04. The predicted octanol–water partition coefficient (Wildman–Crippen LogP) is 6.81. The number of aromatic nitrogens is 3. The van der Waals surface area contributed by atoms with E-state index in [1.54, 1.807) is 12.1 Å². The van der Waals surface area contributed by atoms with Crippen molar-refractivity contribution in [1.82, 2.24) is 19.2 Å². The van der Waals surface area contributed by atoms with E-state index >= 15 is 0 Å². The van der Waals surface area contributed by atoms with Gasteiger partial charge in [0.15, 0.2) is 0 Å². The number of amides is 2. The van der Waals surface area contributed by atoms with Crippen molar-refractivity contribution < 1.29 is 9.18 Å². The number of para-hydroxylation sites is 1. The lowest BCUT2D eigenvalue weighted by atomic mass is 9.99. The highest BCUT2D eigenvalue weighted by Crippen LogP contribution is 2.38. The quantitative estimate of drug-likeness (QED) is 0.292. The maximum atomic E-state index is 13.9. The van der Waals surface area contributed by atoms with Crippen LogP contribution in [-0.2, 0) is 13.0 Å². The van der Waals surface area contributed by atoms with Crippen LogP contribution < -0.4 is 5.32 Å². The predicted molar refractivity (Wildman–Crippen MR) is 146 cm³/mol. The maximum Gasteiger partial charge on any atom is 0.322 e. The smallest absolute Gasteiger partial charge is 0.308 e. The molecule has 2 amide bonds. The molecule has 0 spiro atoms. The standard InChI is InChI=1S/C31H28FN5O/c1-3-22-11-13-23(14-12-22)29-28-10-7-19-35(28)30-27(21(2)34-37(30)26-8-5-4-6-9-26)20-36(29)31(38)33-25-17-15-24(32)16-18-25/h4-19,29H,3,20H2,1-2H3,(H,33,38)/t29-/m0/s1. The van der Waals surface area contributed by atoms with E-state index in [-0.39, 0.29) is 17.9 Å². The Balaban J connectivity index is 1.52. The molecule has 1 N–H and O–H groups in total. The Morgan fingerprint density at radius 3 is 2.42 bits per heavy atom. The van der Waals surface area contributed by atoms with Crippen molar-refractivity contribution in [3.63, 3.8) is 0 Å². The first-order valence-electron chi connectivity index (χ1n) is 12.8. The number of aryl methyl sites for hydroxylation is 2. The fraction of sp³-hybridized carbons (Fsp3) is 0.161. The second kappa shape index (κ2) is 9.67. The Labute approximate surface area is 221 Å². The van der Waals surface area contributed by atoms with Gasteiger partial charge in [-0.1, -0.05) is 49.4 Å². The lowest BCUT2D eigenvalue weighted by Gasteiger charge is -2.31. The number of benzene rings is 3. The summed E-state index contributed by atoms with van der Waals surface area (Å²) in [5.74, 6) is 0.569. The summed E-state index contributed by atoms with van der Waals surface area (Å²) in [5, 5.41) is 7.87. The summed E-state index contributed by atoms with van der Waals surface area (Å²) >= 11 is 0. The van der Waals surface area contributed by atoms with Crippen LogP contribution >= 0.6 is 0 Å². The molecule has 0 unspecified atom stereocenters. The first kappa shape index (κ1) is 23.7. The molecule has 6 nitrogen and oxygen atoms in total. The molecule has 0 radical (unpaired) electrons. The van der Waals surface area contributed by atoms with Crippen LogP contribution in [0.15, 0.2) is 97.2 Å². The number of anilines is 1. The van der Waals surface area contributed by atoms with Crippen LogP contribution in [-0.4, -0.2) is 25.3 Å². The van der Waals surface area contributed by atoms with Gasteiger partial charge >= 0.3 is 6.03 Å². The molecule has 0 saturated heterocycles. The van der Waals surface area contributed by atoms with Gasteiger partial charge in [-0.3, -0.25) is 0 Å². The van der Waals surface area contributed by atoms with E-state index in [0.717, 1.165) is 40.4 Å². The van der Waals surface area contributed by atoms with Crippen LogP contribution in [0.1, 0.15) is 41.0 Å². The molecule has 2 aromatic heterocycles. The van der Waals surface area contributed by atoms with E-state index in [1.807, 2.05) is 59.1 Å². The molecular formula is C31H28FN5O. The summed E-state index contributed by atoms with van der Waals surface area (Å²) in [6.45, 7) is 4.46. The molecule has 38 heavy (non-hydrogen) atoms. The molecule has 5 aromatic rings. The highest BCUT2D eigenvalue weighted by Gasteiger charge is 2.36. The minimum atomic E-state index is -0.354. The molecule has 190 valence electrons. The van der Waals surface area contributed by atoms with Gasteiger partial charge in [0.2, 0.25) is 0 Å². The summed E-state index contributed by atoms with van der Waals surface area (Å²) in [7, 11) is 0. The number of hydrogen-bond donors (Lipinski definition) is 1. The van der Waals surface area contributed by atoms with Gasteiger partial charge in [-0.05, 0) is 73.0 Å². The summed E-state index contributed by atoms with van der Waals surface area (Å²) < 4.78 is 17.6. The maximum absolute atomic E-state index is 13.9. The number of hydrogen-bond acceptors (Lipinski definition) is 2.